The highest BCUT2D eigenvalue weighted by Crippen LogP contribution is 2.32. The zero-order valence-corrected chi connectivity index (χ0v) is 11.4. The average Bonchev–Trinajstić information content (AvgIpc) is 2.66. The van der Waals surface area contributed by atoms with Crippen molar-refractivity contribution < 1.29 is 4.79 Å². The van der Waals surface area contributed by atoms with Gasteiger partial charge in [0.15, 0.2) is 0 Å². The molecular formula is C15H12BrNO. The molecular weight excluding hydrogens is 290 g/mol. The van der Waals surface area contributed by atoms with Gasteiger partial charge in [0.1, 0.15) is 0 Å². The second-order valence-electron chi connectivity index (χ2n) is 4.42. The van der Waals surface area contributed by atoms with E-state index in [4.69, 9.17) is 0 Å². The molecule has 0 atom stereocenters. The number of carbonyl (C=O) groups is 1. The minimum Gasteiger partial charge on any atom is -0.307 e. The summed E-state index contributed by atoms with van der Waals surface area (Å²) in [5, 5.41) is 0. The van der Waals surface area contributed by atoms with E-state index in [1.165, 1.54) is 0 Å². The molecule has 0 radical (unpaired) electrons. The number of hydrogen-bond acceptors (Lipinski definition) is 1. The van der Waals surface area contributed by atoms with Crippen LogP contribution in [0.4, 0.5) is 5.69 Å². The Morgan fingerprint density at radius 2 is 1.89 bits per heavy atom. The average molecular weight is 302 g/mol. The zero-order valence-electron chi connectivity index (χ0n) is 9.77. The first-order valence-electron chi connectivity index (χ1n) is 5.87. The Kier molecular flexibility index (Phi) is 2.92. The Morgan fingerprint density at radius 1 is 1.11 bits per heavy atom. The van der Waals surface area contributed by atoms with Gasteiger partial charge in [0.2, 0.25) is 5.91 Å². The van der Waals surface area contributed by atoms with Crippen molar-refractivity contribution in [1.29, 1.82) is 0 Å². The highest BCUT2D eigenvalue weighted by Gasteiger charge is 2.26. The van der Waals surface area contributed by atoms with Gasteiger partial charge in [-0.2, -0.15) is 0 Å². The van der Waals surface area contributed by atoms with Crippen LogP contribution in [-0.4, -0.2) is 5.91 Å². The molecule has 1 amide bonds. The quantitative estimate of drug-likeness (QED) is 0.831. The van der Waals surface area contributed by atoms with Gasteiger partial charge in [0.05, 0.1) is 13.0 Å². The molecule has 1 heterocycles. The van der Waals surface area contributed by atoms with E-state index in [-0.39, 0.29) is 5.91 Å². The van der Waals surface area contributed by atoms with Crippen LogP contribution in [-0.2, 0) is 17.8 Å². The number of amides is 1. The van der Waals surface area contributed by atoms with Gasteiger partial charge in [-0.1, -0.05) is 46.3 Å². The maximum absolute atomic E-state index is 12.1. The van der Waals surface area contributed by atoms with Crippen molar-refractivity contribution >= 4 is 27.5 Å². The van der Waals surface area contributed by atoms with Gasteiger partial charge in [0.25, 0.3) is 0 Å². The molecule has 3 heteroatoms. The molecule has 2 aromatic rings. The zero-order chi connectivity index (χ0) is 12.5. The Bertz CT molecular complexity index is 595. The van der Waals surface area contributed by atoms with Crippen molar-refractivity contribution in [1.82, 2.24) is 0 Å². The van der Waals surface area contributed by atoms with Gasteiger partial charge in [-0.05, 0) is 29.3 Å². The highest BCUT2D eigenvalue weighted by molar-refractivity contribution is 9.10. The normalized spacial score (nSPS) is 13.8. The number of nitrogens with zero attached hydrogens (tertiary/aromatic N) is 1. The minimum absolute atomic E-state index is 0.173. The fraction of sp³-hybridized carbons (Fsp3) is 0.133. The number of benzene rings is 2. The largest absolute Gasteiger partial charge is 0.307 e. The van der Waals surface area contributed by atoms with Crippen molar-refractivity contribution in [2.45, 2.75) is 13.0 Å². The van der Waals surface area contributed by atoms with Crippen molar-refractivity contribution in [2.75, 3.05) is 4.90 Å². The molecule has 0 fully saturated rings. The molecule has 1 aliphatic heterocycles. The van der Waals surface area contributed by atoms with E-state index in [9.17, 15) is 4.79 Å². The molecule has 0 bridgehead atoms. The summed E-state index contributed by atoms with van der Waals surface area (Å²) in [7, 11) is 0. The molecule has 0 spiro atoms. The lowest BCUT2D eigenvalue weighted by atomic mass is 10.1. The second-order valence-corrected chi connectivity index (χ2v) is 5.33. The van der Waals surface area contributed by atoms with Gasteiger partial charge >= 0.3 is 0 Å². The molecule has 2 nitrogen and oxygen atoms in total. The summed E-state index contributed by atoms with van der Waals surface area (Å²) in [6, 6.07) is 16.1. The first kappa shape index (κ1) is 11.5. The van der Waals surface area contributed by atoms with Crippen LogP contribution < -0.4 is 4.90 Å². The molecule has 0 saturated carbocycles. The number of halogens is 1. The lowest BCUT2D eigenvalue weighted by molar-refractivity contribution is -0.117. The first-order chi connectivity index (χ1) is 8.74. The van der Waals surface area contributed by atoms with Crippen LogP contribution in [0, 0.1) is 0 Å². The summed E-state index contributed by atoms with van der Waals surface area (Å²) in [4.78, 5) is 13.9. The molecule has 3 rings (SSSR count). The van der Waals surface area contributed by atoms with E-state index in [1.807, 2.05) is 53.4 Å². The van der Waals surface area contributed by atoms with Crippen LogP contribution >= 0.6 is 15.9 Å². The fourth-order valence-corrected chi connectivity index (χ4v) is 2.70. The van der Waals surface area contributed by atoms with Gasteiger partial charge < -0.3 is 4.90 Å². The van der Waals surface area contributed by atoms with Crippen LogP contribution in [0.2, 0.25) is 0 Å². The maximum Gasteiger partial charge on any atom is 0.231 e. The third kappa shape index (κ3) is 2.06. The van der Waals surface area contributed by atoms with E-state index in [0.29, 0.717) is 13.0 Å². The Hall–Kier alpha value is -1.61. The molecule has 0 aromatic heterocycles. The third-order valence-electron chi connectivity index (χ3n) is 3.16. The molecule has 90 valence electrons. The van der Waals surface area contributed by atoms with E-state index in [0.717, 1.165) is 21.3 Å². The number of fused-ring (bicyclic) bond motifs is 1. The lowest BCUT2D eigenvalue weighted by Gasteiger charge is -2.17. The molecule has 18 heavy (non-hydrogen) atoms. The molecule has 0 saturated heterocycles. The summed E-state index contributed by atoms with van der Waals surface area (Å²) in [5.41, 5.74) is 3.29. The van der Waals surface area contributed by atoms with Crippen molar-refractivity contribution in [3.63, 3.8) is 0 Å². The van der Waals surface area contributed by atoms with E-state index in [1.54, 1.807) is 0 Å². The summed E-state index contributed by atoms with van der Waals surface area (Å²) < 4.78 is 1.02. The first-order valence-corrected chi connectivity index (χ1v) is 6.66. The number of hydrogen-bond donors (Lipinski definition) is 0. The van der Waals surface area contributed by atoms with Crippen LogP contribution in [0.3, 0.4) is 0 Å². The van der Waals surface area contributed by atoms with E-state index in [2.05, 4.69) is 15.9 Å². The third-order valence-corrected chi connectivity index (χ3v) is 3.65. The summed E-state index contributed by atoms with van der Waals surface area (Å²) >= 11 is 3.44. The topological polar surface area (TPSA) is 20.3 Å². The van der Waals surface area contributed by atoms with Crippen molar-refractivity contribution in [3.8, 4) is 0 Å². The molecule has 2 aromatic carbocycles. The van der Waals surface area contributed by atoms with Crippen molar-refractivity contribution in [3.05, 3.63) is 64.1 Å². The maximum atomic E-state index is 12.1. The minimum atomic E-state index is 0.173. The van der Waals surface area contributed by atoms with Gasteiger partial charge in [-0.15, -0.1) is 0 Å². The number of carbonyl (C=O) groups excluding carboxylic acids is 1. The smallest absolute Gasteiger partial charge is 0.231 e. The van der Waals surface area contributed by atoms with Crippen LogP contribution in [0.1, 0.15) is 11.1 Å². The van der Waals surface area contributed by atoms with Gasteiger partial charge in [0, 0.05) is 10.2 Å². The van der Waals surface area contributed by atoms with Gasteiger partial charge in [-0.3, -0.25) is 4.79 Å². The molecule has 1 aliphatic rings. The van der Waals surface area contributed by atoms with E-state index >= 15 is 0 Å². The molecule has 0 N–H and O–H groups in total. The molecule has 0 aliphatic carbocycles. The second kappa shape index (κ2) is 4.58. The summed E-state index contributed by atoms with van der Waals surface area (Å²) in [5.74, 6) is 0.173. The predicted octanol–water partition coefficient (Wildman–Crippen LogP) is 3.54. The number of rotatable bonds is 2. The SMILES string of the molecule is O=C1Cc2cc(Br)ccc2N1Cc1ccccc1. The standard InChI is InChI=1S/C15H12BrNO/c16-13-6-7-14-12(8-13)9-15(18)17(14)10-11-4-2-1-3-5-11/h1-8H,9-10H2. The predicted molar refractivity (Wildman–Crippen MR) is 75.5 cm³/mol. The fourth-order valence-electron chi connectivity index (χ4n) is 2.29. The molecule has 0 unspecified atom stereocenters. The van der Waals surface area contributed by atoms with Crippen LogP contribution in [0.5, 0.6) is 0 Å². The Morgan fingerprint density at radius 3 is 2.67 bits per heavy atom. The van der Waals surface area contributed by atoms with Crippen LogP contribution in [0.25, 0.3) is 0 Å². The monoisotopic (exact) mass is 301 g/mol. The Balaban J connectivity index is 1.93. The van der Waals surface area contributed by atoms with Gasteiger partial charge in [-0.25, -0.2) is 0 Å². The Labute approximate surface area is 114 Å². The number of anilines is 1. The lowest BCUT2D eigenvalue weighted by Crippen LogP contribution is -2.25. The summed E-state index contributed by atoms with van der Waals surface area (Å²) in [6.45, 7) is 0.647. The summed E-state index contributed by atoms with van der Waals surface area (Å²) in [6.07, 6.45) is 0.502. The van der Waals surface area contributed by atoms with Crippen molar-refractivity contribution in [2.24, 2.45) is 0 Å². The highest BCUT2D eigenvalue weighted by atomic mass is 79.9. The van der Waals surface area contributed by atoms with Crippen LogP contribution in [0.15, 0.2) is 53.0 Å². The van der Waals surface area contributed by atoms with E-state index < -0.39 is 0 Å².